The van der Waals surface area contributed by atoms with Gasteiger partial charge in [0, 0.05) is 37.8 Å². The normalized spacial score (nSPS) is 11.6. The summed E-state index contributed by atoms with van der Waals surface area (Å²) in [5.74, 6) is 2.04. The van der Waals surface area contributed by atoms with Crippen molar-refractivity contribution in [2.45, 2.75) is 32.7 Å². The lowest BCUT2D eigenvalue weighted by molar-refractivity contribution is 0.625. The average Bonchev–Trinajstić information content (AvgIpc) is 3.08. The van der Waals surface area contributed by atoms with Crippen molar-refractivity contribution < 1.29 is 4.39 Å². The SMILES string of the molecule is CN=C(NCc1ccc(-n2nc(C)cc2C)nc1)NCc1ccc(F)cc1CSC. The highest BCUT2D eigenvalue weighted by atomic mass is 32.2. The van der Waals surface area contributed by atoms with Gasteiger partial charge in [-0.05, 0) is 61.1 Å². The fourth-order valence-corrected chi connectivity index (χ4v) is 3.73. The molecule has 0 saturated heterocycles. The summed E-state index contributed by atoms with van der Waals surface area (Å²) in [6, 6.07) is 10.9. The van der Waals surface area contributed by atoms with Gasteiger partial charge in [0.05, 0.1) is 5.69 Å². The topological polar surface area (TPSA) is 67.1 Å². The molecule has 6 nitrogen and oxygen atoms in total. The van der Waals surface area contributed by atoms with Crippen LogP contribution in [0, 0.1) is 19.7 Å². The minimum Gasteiger partial charge on any atom is -0.352 e. The summed E-state index contributed by atoms with van der Waals surface area (Å²) in [6.45, 7) is 5.14. The fraction of sp³-hybridized carbons (Fsp3) is 0.318. The van der Waals surface area contributed by atoms with Crippen LogP contribution in [0.5, 0.6) is 0 Å². The number of guanidine groups is 1. The summed E-state index contributed by atoms with van der Waals surface area (Å²) in [4.78, 5) is 8.79. The van der Waals surface area contributed by atoms with Crippen LogP contribution >= 0.6 is 11.8 Å². The van der Waals surface area contributed by atoms with Crippen LogP contribution in [0.3, 0.4) is 0 Å². The van der Waals surface area contributed by atoms with Gasteiger partial charge in [-0.3, -0.25) is 4.99 Å². The molecule has 0 unspecified atom stereocenters. The van der Waals surface area contributed by atoms with Gasteiger partial charge in [-0.25, -0.2) is 14.1 Å². The predicted octanol–water partition coefficient (Wildman–Crippen LogP) is 3.75. The van der Waals surface area contributed by atoms with E-state index in [2.05, 4.69) is 25.7 Å². The number of nitrogens with zero attached hydrogens (tertiary/aromatic N) is 4. The zero-order valence-corrected chi connectivity index (χ0v) is 18.6. The minimum atomic E-state index is -0.207. The van der Waals surface area contributed by atoms with Crippen molar-refractivity contribution in [3.63, 3.8) is 0 Å². The average molecular weight is 427 g/mol. The number of pyridine rings is 1. The van der Waals surface area contributed by atoms with Gasteiger partial charge in [-0.15, -0.1) is 0 Å². The van der Waals surface area contributed by atoms with Gasteiger partial charge >= 0.3 is 0 Å². The second-order valence-electron chi connectivity index (χ2n) is 6.99. The van der Waals surface area contributed by atoms with Gasteiger partial charge in [-0.2, -0.15) is 16.9 Å². The van der Waals surface area contributed by atoms with E-state index in [4.69, 9.17) is 0 Å². The smallest absolute Gasteiger partial charge is 0.191 e. The molecule has 0 fully saturated rings. The van der Waals surface area contributed by atoms with Gasteiger partial charge in [0.1, 0.15) is 5.82 Å². The third-order valence-corrected chi connectivity index (χ3v) is 5.23. The summed E-state index contributed by atoms with van der Waals surface area (Å²) >= 11 is 1.67. The quantitative estimate of drug-likeness (QED) is 0.445. The highest BCUT2D eigenvalue weighted by Gasteiger charge is 2.07. The van der Waals surface area contributed by atoms with Gasteiger partial charge in [0.2, 0.25) is 0 Å². The number of aromatic nitrogens is 3. The molecule has 8 heteroatoms. The van der Waals surface area contributed by atoms with E-state index in [9.17, 15) is 4.39 Å². The van der Waals surface area contributed by atoms with Crippen LogP contribution in [-0.4, -0.2) is 34.0 Å². The largest absolute Gasteiger partial charge is 0.352 e. The molecule has 0 radical (unpaired) electrons. The third-order valence-electron chi connectivity index (χ3n) is 4.63. The molecule has 2 aromatic heterocycles. The van der Waals surface area contributed by atoms with Crippen molar-refractivity contribution in [3.8, 4) is 5.82 Å². The molecular weight excluding hydrogens is 399 g/mol. The van der Waals surface area contributed by atoms with Crippen LogP contribution in [0.25, 0.3) is 5.82 Å². The maximum Gasteiger partial charge on any atom is 0.191 e. The van der Waals surface area contributed by atoms with Crippen LogP contribution in [0.2, 0.25) is 0 Å². The second kappa shape index (κ2) is 10.2. The van der Waals surface area contributed by atoms with E-state index in [0.29, 0.717) is 19.0 Å². The van der Waals surface area contributed by atoms with Crippen LogP contribution in [0.15, 0.2) is 47.6 Å². The molecule has 0 bridgehead atoms. The van der Waals surface area contributed by atoms with Gasteiger partial charge in [0.25, 0.3) is 0 Å². The first-order valence-corrected chi connectivity index (χ1v) is 11.1. The molecule has 1 aromatic carbocycles. The summed E-state index contributed by atoms with van der Waals surface area (Å²) in [5.41, 5.74) is 5.11. The number of hydrogen-bond donors (Lipinski definition) is 2. The van der Waals surface area contributed by atoms with Crippen LogP contribution in [-0.2, 0) is 18.8 Å². The van der Waals surface area contributed by atoms with Crippen LogP contribution < -0.4 is 10.6 Å². The van der Waals surface area contributed by atoms with Crippen molar-refractivity contribution >= 4 is 17.7 Å². The molecule has 3 aromatic rings. The molecule has 0 aliphatic heterocycles. The summed E-state index contributed by atoms with van der Waals surface area (Å²) in [6.07, 6.45) is 3.85. The Morgan fingerprint density at radius 3 is 2.53 bits per heavy atom. The zero-order chi connectivity index (χ0) is 21.5. The van der Waals surface area contributed by atoms with Crippen molar-refractivity contribution in [3.05, 3.63) is 76.5 Å². The number of aliphatic imine (C=N–C) groups is 1. The monoisotopic (exact) mass is 426 g/mol. The molecular formula is C22H27FN6S. The van der Waals surface area contributed by atoms with E-state index in [-0.39, 0.29) is 5.82 Å². The molecule has 0 aliphatic rings. The fourth-order valence-electron chi connectivity index (χ4n) is 3.15. The van der Waals surface area contributed by atoms with Crippen molar-refractivity contribution in [1.82, 2.24) is 25.4 Å². The number of hydrogen-bond acceptors (Lipinski definition) is 4. The number of benzene rings is 1. The van der Waals surface area contributed by atoms with Crippen molar-refractivity contribution in [2.75, 3.05) is 13.3 Å². The van der Waals surface area contributed by atoms with E-state index in [0.717, 1.165) is 39.6 Å². The molecule has 0 saturated carbocycles. The van der Waals surface area contributed by atoms with Gasteiger partial charge in [0.15, 0.2) is 11.8 Å². The maximum atomic E-state index is 13.5. The molecule has 2 N–H and O–H groups in total. The predicted molar refractivity (Wildman–Crippen MR) is 121 cm³/mol. The lowest BCUT2D eigenvalue weighted by Gasteiger charge is -2.14. The van der Waals surface area contributed by atoms with E-state index < -0.39 is 0 Å². The Kier molecular flexibility index (Phi) is 7.46. The third kappa shape index (κ3) is 5.60. The molecule has 0 aliphatic carbocycles. The Hall–Kier alpha value is -2.87. The van der Waals surface area contributed by atoms with Gasteiger partial charge < -0.3 is 10.6 Å². The van der Waals surface area contributed by atoms with Crippen LogP contribution in [0.1, 0.15) is 28.1 Å². The Bertz CT molecular complexity index is 1010. The first-order chi connectivity index (χ1) is 14.5. The number of halogens is 1. The van der Waals surface area contributed by atoms with Crippen LogP contribution in [0.4, 0.5) is 4.39 Å². The standard InChI is InChI=1S/C22H27FN6S/c1-15-9-16(2)29(28-15)21-8-5-17(11-25-21)12-26-22(24-3)27-13-18-6-7-20(23)10-19(18)14-30-4/h5-11H,12-14H2,1-4H3,(H2,24,26,27). The number of rotatable bonds is 7. The number of nitrogens with one attached hydrogen (secondary N) is 2. The minimum absolute atomic E-state index is 0.207. The molecule has 30 heavy (non-hydrogen) atoms. The summed E-state index contributed by atoms with van der Waals surface area (Å²) in [5, 5.41) is 11.0. The van der Waals surface area contributed by atoms with E-state index in [1.165, 1.54) is 6.07 Å². The van der Waals surface area contributed by atoms with Gasteiger partial charge in [-0.1, -0.05) is 12.1 Å². The number of thioether (sulfide) groups is 1. The Morgan fingerprint density at radius 1 is 1.10 bits per heavy atom. The Labute approximate surface area is 181 Å². The highest BCUT2D eigenvalue weighted by molar-refractivity contribution is 7.97. The second-order valence-corrected chi connectivity index (χ2v) is 7.85. The zero-order valence-electron chi connectivity index (χ0n) is 17.7. The molecule has 0 spiro atoms. The van der Waals surface area contributed by atoms with E-state index >= 15 is 0 Å². The Morgan fingerprint density at radius 2 is 1.90 bits per heavy atom. The summed E-state index contributed by atoms with van der Waals surface area (Å²) < 4.78 is 15.4. The molecule has 0 amide bonds. The maximum absolute atomic E-state index is 13.5. The van der Waals surface area contributed by atoms with E-state index in [1.54, 1.807) is 24.9 Å². The van der Waals surface area contributed by atoms with E-state index in [1.807, 2.05) is 55.2 Å². The molecule has 2 heterocycles. The first-order valence-electron chi connectivity index (χ1n) is 9.69. The number of aryl methyl sites for hydroxylation is 2. The Balaban J connectivity index is 1.58. The molecule has 0 atom stereocenters. The highest BCUT2D eigenvalue weighted by Crippen LogP contribution is 2.16. The van der Waals surface area contributed by atoms with Crippen molar-refractivity contribution in [2.24, 2.45) is 4.99 Å². The summed E-state index contributed by atoms with van der Waals surface area (Å²) in [7, 11) is 1.73. The molecule has 3 rings (SSSR count). The first kappa shape index (κ1) is 21.8. The molecule has 158 valence electrons. The lowest BCUT2D eigenvalue weighted by atomic mass is 10.1. The lowest BCUT2D eigenvalue weighted by Crippen LogP contribution is -2.36. The van der Waals surface area contributed by atoms with Crippen molar-refractivity contribution in [1.29, 1.82) is 0 Å².